The minimum Gasteiger partial charge on any atom is -0.351 e. The molecule has 0 unspecified atom stereocenters. The van der Waals surface area contributed by atoms with Crippen LogP contribution in [0.15, 0.2) is 24.3 Å². The zero-order chi connectivity index (χ0) is 16.7. The summed E-state index contributed by atoms with van der Waals surface area (Å²) >= 11 is 1.68. The van der Waals surface area contributed by atoms with Crippen LogP contribution in [0.1, 0.15) is 31.2 Å². The lowest BCUT2D eigenvalue weighted by atomic mass is 10.1. The number of nitrogens with one attached hydrogen (secondary N) is 1. The largest absolute Gasteiger partial charge is 0.351 e. The Balaban J connectivity index is 0.00000288. The molecule has 1 heterocycles. The maximum absolute atomic E-state index is 11.9. The first-order valence-corrected chi connectivity index (χ1v) is 9.42. The van der Waals surface area contributed by atoms with E-state index in [4.69, 9.17) is 5.73 Å². The number of thioether (sulfide) groups is 1. The molecule has 7 heteroatoms. The summed E-state index contributed by atoms with van der Waals surface area (Å²) in [6.07, 6.45) is 5.35. The van der Waals surface area contributed by atoms with Gasteiger partial charge in [0.1, 0.15) is 0 Å². The van der Waals surface area contributed by atoms with Gasteiger partial charge in [0.05, 0.1) is 6.04 Å². The molecule has 2 rings (SSSR count). The lowest BCUT2D eigenvalue weighted by molar-refractivity contribution is -0.122. The van der Waals surface area contributed by atoms with Crippen molar-refractivity contribution in [2.75, 3.05) is 23.5 Å². The highest BCUT2D eigenvalue weighted by Gasteiger charge is 2.19. The van der Waals surface area contributed by atoms with Crippen LogP contribution in [-0.2, 0) is 16.1 Å². The average molecular weight is 372 g/mol. The Morgan fingerprint density at radius 1 is 1.33 bits per heavy atom. The minimum absolute atomic E-state index is 0. The van der Waals surface area contributed by atoms with Gasteiger partial charge in [0.25, 0.3) is 0 Å². The molecule has 0 bridgehead atoms. The maximum atomic E-state index is 11.9. The molecule has 24 heavy (non-hydrogen) atoms. The number of piperidine rings is 1. The van der Waals surface area contributed by atoms with E-state index in [1.165, 1.54) is 0 Å². The van der Waals surface area contributed by atoms with E-state index in [1.807, 2.05) is 35.4 Å². The Morgan fingerprint density at radius 2 is 2.04 bits per heavy atom. The number of nitrogens with two attached hydrogens (primary N) is 1. The first-order valence-electron chi connectivity index (χ1n) is 8.03. The average Bonchev–Trinajstić information content (AvgIpc) is 2.58. The Kier molecular flexibility index (Phi) is 9.18. The van der Waals surface area contributed by atoms with E-state index in [9.17, 15) is 9.59 Å². The molecule has 1 aliphatic rings. The molecule has 0 radical (unpaired) electrons. The van der Waals surface area contributed by atoms with E-state index in [2.05, 4.69) is 5.32 Å². The van der Waals surface area contributed by atoms with Crippen molar-refractivity contribution < 1.29 is 9.59 Å². The number of halogens is 1. The third-order valence-corrected chi connectivity index (χ3v) is 4.65. The van der Waals surface area contributed by atoms with Gasteiger partial charge in [-0.25, -0.2) is 0 Å². The second-order valence-electron chi connectivity index (χ2n) is 5.77. The summed E-state index contributed by atoms with van der Waals surface area (Å²) in [6, 6.07) is 7.33. The van der Waals surface area contributed by atoms with E-state index < -0.39 is 6.04 Å². The molecule has 1 saturated heterocycles. The first-order chi connectivity index (χ1) is 11.1. The van der Waals surface area contributed by atoms with E-state index in [0.29, 0.717) is 19.4 Å². The molecule has 0 aliphatic carbocycles. The van der Waals surface area contributed by atoms with Crippen LogP contribution in [0.2, 0.25) is 0 Å². The van der Waals surface area contributed by atoms with Gasteiger partial charge >= 0.3 is 0 Å². The molecule has 1 atom stereocenters. The summed E-state index contributed by atoms with van der Waals surface area (Å²) in [7, 11) is 0. The lowest BCUT2D eigenvalue weighted by Gasteiger charge is -2.26. The van der Waals surface area contributed by atoms with Crippen LogP contribution in [0.3, 0.4) is 0 Å². The highest BCUT2D eigenvalue weighted by Crippen LogP contribution is 2.21. The van der Waals surface area contributed by atoms with Crippen LogP contribution in [-0.4, -0.2) is 36.4 Å². The van der Waals surface area contributed by atoms with Gasteiger partial charge in [-0.1, -0.05) is 12.1 Å². The van der Waals surface area contributed by atoms with Crippen molar-refractivity contribution in [1.29, 1.82) is 0 Å². The number of benzene rings is 1. The summed E-state index contributed by atoms with van der Waals surface area (Å²) in [5.74, 6) is 0.957. The highest BCUT2D eigenvalue weighted by atomic mass is 35.5. The number of carbonyl (C=O) groups excluding carboxylic acids is 2. The van der Waals surface area contributed by atoms with E-state index in [-0.39, 0.29) is 24.2 Å². The zero-order valence-corrected chi connectivity index (χ0v) is 15.6. The Hall–Kier alpha value is -1.24. The molecule has 1 fully saturated rings. The molecule has 0 saturated carbocycles. The monoisotopic (exact) mass is 371 g/mol. The summed E-state index contributed by atoms with van der Waals surface area (Å²) in [5.41, 5.74) is 7.77. The molecule has 1 aliphatic heterocycles. The molecule has 1 aromatic carbocycles. The quantitative estimate of drug-likeness (QED) is 0.771. The van der Waals surface area contributed by atoms with Crippen molar-refractivity contribution in [2.45, 2.75) is 38.3 Å². The van der Waals surface area contributed by atoms with Gasteiger partial charge in [-0.3, -0.25) is 9.59 Å². The SMILES string of the molecule is CSCC[C@H](N)C(=O)NCc1ccc(N2CCCCC2=O)cc1.Cl. The van der Waals surface area contributed by atoms with Crippen LogP contribution >= 0.6 is 24.2 Å². The predicted octanol–water partition coefficient (Wildman–Crippen LogP) is 2.32. The lowest BCUT2D eigenvalue weighted by Crippen LogP contribution is -2.40. The van der Waals surface area contributed by atoms with Gasteiger partial charge in [-0.2, -0.15) is 11.8 Å². The molecule has 134 valence electrons. The van der Waals surface area contributed by atoms with E-state index in [1.54, 1.807) is 11.8 Å². The van der Waals surface area contributed by atoms with Gasteiger partial charge < -0.3 is 16.0 Å². The van der Waals surface area contributed by atoms with E-state index in [0.717, 1.165) is 36.4 Å². The Bertz CT molecular complexity index is 539. The third-order valence-electron chi connectivity index (χ3n) is 4.01. The molecule has 0 spiro atoms. The molecular weight excluding hydrogens is 346 g/mol. The van der Waals surface area contributed by atoms with Gasteiger partial charge in [0.2, 0.25) is 11.8 Å². The maximum Gasteiger partial charge on any atom is 0.237 e. The van der Waals surface area contributed by atoms with Crippen molar-refractivity contribution in [2.24, 2.45) is 5.73 Å². The summed E-state index contributed by atoms with van der Waals surface area (Å²) in [4.78, 5) is 25.6. The number of nitrogens with zero attached hydrogens (tertiary/aromatic N) is 1. The number of carbonyl (C=O) groups is 2. The fourth-order valence-electron chi connectivity index (χ4n) is 2.57. The minimum atomic E-state index is -0.451. The molecule has 3 N–H and O–H groups in total. The van der Waals surface area contributed by atoms with Crippen molar-refractivity contribution in [3.63, 3.8) is 0 Å². The number of anilines is 1. The standard InChI is InChI=1S/C17H25N3O2S.ClH/c1-23-11-9-15(18)17(22)19-12-13-5-7-14(8-6-13)20-10-3-2-4-16(20)21;/h5-8,15H,2-4,9-12,18H2,1H3,(H,19,22);1H/t15-;/m0./s1. The van der Waals surface area contributed by atoms with Crippen LogP contribution in [0, 0.1) is 0 Å². The van der Waals surface area contributed by atoms with Crippen LogP contribution in [0.25, 0.3) is 0 Å². The topological polar surface area (TPSA) is 75.4 Å². The highest BCUT2D eigenvalue weighted by molar-refractivity contribution is 7.98. The predicted molar refractivity (Wildman–Crippen MR) is 103 cm³/mol. The van der Waals surface area contributed by atoms with E-state index >= 15 is 0 Å². The molecule has 5 nitrogen and oxygen atoms in total. The van der Waals surface area contributed by atoms with Gasteiger partial charge in [-0.15, -0.1) is 12.4 Å². The van der Waals surface area contributed by atoms with Crippen molar-refractivity contribution >= 4 is 41.7 Å². The second kappa shape index (κ2) is 10.6. The van der Waals surface area contributed by atoms with Gasteiger partial charge in [0.15, 0.2) is 0 Å². The smallest absolute Gasteiger partial charge is 0.237 e. The van der Waals surface area contributed by atoms with Crippen molar-refractivity contribution in [3.05, 3.63) is 29.8 Å². The summed E-state index contributed by atoms with van der Waals surface area (Å²) in [6.45, 7) is 1.25. The number of rotatable bonds is 7. The number of amides is 2. The second-order valence-corrected chi connectivity index (χ2v) is 6.76. The molecule has 2 amide bonds. The molecule has 0 aromatic heterocycles. The van der Waals surface area contributed by atoms with Crippen molar-refractivity contribution in [3.8, 4) is 0 Å². The Labute approximate surface area is 154 Å². The third kappa shape index (κ3) is 6.00. The number of hydrogen-bond donors (Lipinski definition) is 2. The fourth-order valence-corrected chi connectivity index (χ4v) is 3.06. The summed E-state index contributed by atoms with van der Waals surface area (Å²) < 4.78 is 0. The number of hydrogen-bond acceptors (Lipinski definition) is 4. The molecular formula is C17H26ClN3O2S. The zero-order valence-electron chi connectivity index (χ0n) is 14.0. The molecule has 1 aromatic rings. The van der Waals surface area contributed by atoms with Gasteiger partial charge in [-0.05, 0) is 49.0 Å². The van der Waals surface area contributed by atoms with Crippen LogP contribution in [0.4, 0.5) is 5.69 Å². The first kappa shape index (κ1) is 20.8. The van der Waals surface area contributed by atoms with Gasteiger partial charge in [0, 0.05) is 25.2 Å². The summed E-state index contributed by atoms with van der Waals surface area (Å²) in [5, 5.41) is 2.86. The van der Waals surface area contributed by atoms with Crippen molar-refractivity contribution in [1.82, 2.24) is 5.32 Å². The van der Waals surface area contributed by atoms with Crippen LogP contribution in [0.5, 0.6) is 0 Å². The normalized spacial score (nSPS) is 15.6. The fraction of sp³-hybridized carbons (Fsp3) is 0.529. The Morgan fingerprint density at radius 3 is 2.67 bits per heavy atom. The van der Waals surface area contributed by atoms with Crippen LogP contribution < -0.4 is 16.0 Å².